The Balaban J connectivity index is 3.92. The minimum Gasteiger partial charge on any atom is -0.463 e. The average molecular weight is 1120 g/mol. The molecule has 0 aliphatic heterocycles. The summed E-state index contributed by atoms with van der Waals surface area (Å²) in [6, 6.07) is 0. The van der Waals surface area contributed by atoms with E-state index in [0.29, 0.717) is 112 Å². The van der Waals surface area contributed by atoms with Crippen molar-refractivity contribution in [1.82, 2.24) is 10.6 Å². The molecule has 16 nitrogen and oxygen atoms in total. The van der Waals surface area contributed by atoms with Crippen molar-refractivity contribution in [3.8, 4) is 0 Å². The molecular formula is C62H120N2O14. The van der Waals surface area contributed by atoms with Crippen LogP contribution in [-0.4, -0.2) is 183 Å². The summed E-state index contributed by atoms with van der Waals surface area (Å²) in [7, 11) is 1.59. The maximum atomic E-state index is 11.8. The molecule has 0 radical (unpaired) electrons. The van der Waals surface area contributed by atoms with Crippen molar-refractivity contribution in [2.75, 3.05) is 165 Å². The number of allylic oxidation sites excluding steroid dienone is 4. The Bertz CT molecular complexity index is 1230. The molecule has 0 saturated carbocycles. The Kier molecular flexibility index (Phi) is 67.4. The zero-order valence-electron chi connectivity index (χ0n) is 50.4. The van der Waals surface area contributed by atoms with Crippen LogP contribution in [0.1, 0.15) is 194 Å². The van der Waals surface area contributed by atoms with Gasteiger partial charge in [-0.3, -0.25) is 9.59 Å². The molecule has 0 amide bonds. The van der Waals surface area contributed by atoms with Gasteiger partial charge in [-0.15, -0.1) is 0 Å². The van der Waals surface area contributed by atoms with Crippen molar-refractivity contribution < 1.29 is 66.4 Å². The third kappa shape index (κ3) is 66.5. The first-order valence-corrected chi connectivity index (χ1v) is 31.4. The number of carbonyl (C=O) groups excluding carboxylic acids is 2. The van der Waals surface area contributed by atoms with E-state index in [1.165, 1.54) is 167 Å². The van der Waals surface area contributed by atoms with E-state index in [1.807, 2.05) is 0 Å². The lowest BCUT2D eigenvalue weighted by Gasteiger charge is -2.18. The van der Waals surface area contributed by atoms with Gasteiger partial charge in [-0.2, -0.15) is 0 Å². The van der Waals surface area contributed by atoms with Gasteiger partial charge >= 0.3 is 11.9 Å². The van der Waals surface area contributed by atoms with Gasteiger partial charge in [-0.05, 0) is 64.2 Å². The highest BCUT2D eigenvalue weighted by atomic mass is 16.6. The van der Waals surface area contributed by atoms with E-state index in [-0.39, 0.29) is 45.0 Å². The standard InChI is InChI=1S/C62H120N2O14/c1-4-6-8-10-12-14-16-18-20-22-24-26-28-30-32-34-38-74-58-60(76-39-35-33-31-29-27-25-23-21-19-17-15-13-11-9-7-5-2)59-75-53-52-72-49-48-70-45-44-68-42-43-69-46-47-71-50-51-73-54-55-78-62(66)57-64-37-41-77-61(65)56-63-36-40-67-3/h18-21,60,63-64H,4-17,22-59H2,1-3H3/b20-18-,21-19-. The second-order valence-corrected chi connectivity index (χ2v) is 20.0. The quantitative estimate of drug-likeness (QED) is 0.0335. The van der Waals surface area contributed by atoms with Crippen LogP contribution in [-0.2, 0) is 66.4 Å². The summed E-state index contributed by atoms with van der Waals surface area (Å²) in [6.07, 6.45) is 46.0. The first-order valence-electron chi connectivity index (χ1n) is 31.4. The van der Waals surface area contributed by atoms with E-state index in [0.717, 1.165) is 26.1 Å². The van der Waals surface area contributed by atoms with E-state index in [1.54, 1.807) is 7.11 Å². The Hall–Kier alpha value is -2.06. The van der Waals surface area contributed by atoms with Crippen molar-refractivity contribution in [1.29, 1.82) is 0 Å². The number of esters is 2. The number of unbranched alkanes of at least 4 members (excludes halogenated alkanes) is 24. The molecule has 0 spiro atoms. The van der Waals surface area contributed by atoms with Crippen LogP contribution < -0.4 is 10.6 Å². The van der Waals surface area contributed by atoms with E-state index in [2.05, 4.69) is 48.8 Å². The Morgan fingerprint density at radius 1 is 0.333 bits per heavy atom. The summed E-state index contributed by atoms with van der Waals surface area (Å²) < 4.78 is 66.9. The van der Waals surface area contributed by atoms with Crippen LogP contribution in [0.3, 0.4) is 0 Å². The molecule has 0 bridgehead atoms. The molecule has 0 aliphatic rings. The Labute approximate surface area is 476 Å². The molecule has 2 N–H and O–H groups in total. The Morgan fingerprint density at radius 3 is 1.04 bits per heavy atom. The van der Waals surface area contributed by atoms with Crippen molar-refractivity contribution in [2.45, 2.75) is 200 Å². The summed E-state index contributed by atoms with van der Waals surface area (Å²) in [4.78, 5) is 23.3. The summed E-state index contributed by atoms with van der Waals surface area (Å²) >= 11 is 0. The maximum absolute atomic E-state index is 11.8. The fourth-order valence-electron chi connectivity index (χ4n) is 8.05. The summed E-state index contributed by atoms with van der Waals surface area (Å²) in [6.45, 7) is 14.9. The first-order chi connectivity index (χ1) is 38.6. The number of hydrogen-bond donors (Lipinski definition) is 2. The van der Waals surface area contributed by atoms with E-state index < -0.39 is 5.97 Å². The molecular weight excluding hydrogens is 997 g/mol. The predicted octanol–water partition coefficient (Wildman–Crippen LogP) is 11.5. The highest BCUT2D eigenvalue weighted by Crippen LogP contribution is 2.13. The van der Waals surface area contributed by atoms with Crippen LogP contribution >= 0.6 is 0 Å². The molecule has 16 heteroatoms. The second kappa shape index (κ2) is 69.2. The van der Waals surface area contributed by atoms with Crippen LogP contribution in [0.4, 0.5) is 0 Å². The Morgan fingerprint density at radius 2 is 0.641 bits per heavy atom. The zero-order chi connectivity index (χ0) is 56.2. The van der Waals surface area contributed by atoms with Gasteiger partial charge in [0.15, 0.2) is 0 Å². The van der Waals surface area contributed by atoms with E-state index >= 15 is 0 Å². The molecule has 0 aromatic rings. The van der Waals surface area contributed by atoms with E-state index in [4.69, 9.17) is 56.8 Å². The van der Waals surface area contributed by atoms with Gasteiger partial charge in [0.05, 0.1) is 119 Å². The number of carbonyl (C=O) groups is 2. The second-order valence-electron chi connectivity index (χ2n) is 20.0. The molecule has 0 aliphatic carbocycles. The molecule has 0 fully saturated rings. The normalized spacial score (nSPS) is 12.2. The number of ether oxygens (including phenoxy) is 12. The highest BCUT2D eigenvalue weighted by Gasteiger charge is 2.11. The number of methoxy groups -OCH3 is 1. The lowest BCUT2D eigenvalue weighted by Crippen LogP contribution is -2.31. The third-order valence-corrected chi connectivity index (χ3v) is 12.7. The summed E-state index contributed by atoms with van der Waals surface area (Å²) in [5, 5.41) is 5.77. The molecule has 1 unspecified atom stereocenters. The number of rotatable bonds is 68. The predicted molar refractivity (Wildman–Crippen MR) is 315 cm³/mol. The minimum absolute atomic E-state index is 0.0183. The maximum Gasteiger partial charge on any atom is 0.320 e. The monoisotopic (exact) mass is 1120 g/mol. The lowest BCUT2D eigenvalue weighted by atomic mass is 10.1. The molecule has 0 rings (SSSR count). The largest absolute Gasteiger partial charge is 0.463 e. The van der Waals surface area contributed by atoms with Gasteiger partial charge in [0.2, 0.25) is 0 Å². The first kappa shape index (κ1) is 75.9. The van der Waals surface area contributed by atoms with Gasteiger partial charge in [-0.1, -0.05) is 154 Å². The van der Waals surface area contributed by atoms with Crippen molar-refractivity contribution >= 4 is 11.9 Å². The zero-order valence-corrected chi connectivity index (χ0v) is 50.4. The number of hydrogen-bond acceptors (Lipinski definition) is 16. The van der Waals surface area contributed by atoms with Gasteiger partial charge in [0.1, 0.15) is 19.3 Å². The molecule has 0 saturated heterocycles. The van der Waals surface area contributed by atoms with Crippen molar-refractivity contribution in [3.63, 3.8) is 0 Å². The van der Waals surface area contributed by atoms with Gasteiger partial charge in [0.25, 0.3) is 0 Å². The summed E-state index contributed by atoms with van der Waals surface area (Å²) in [5.41, 5.74) is 0. The van der Waals surface area contributed by atoms with Crippen molar-refractivity contribution in [2.24, 2.45) is 0 Å². The lowest BCUT2D eigenvalue weighted by molar-refractivity contribution is -0.144. The van der Waals surface area contributed by atoms with Crippen LogP contribution in [0, 0.1) is 0 Å². The molecule has 0 heterocycles. The molecule has 0 aromatic carbocycles. The fourth-order valence-corrected chi connectivity index (χ4v) is 8.05. The number of nitrogens with one attached hydrogen (secondary N) is 2. The molecule has 78 heavy (non-hydrogen) atoms. The fraction of sp³-hybridized carbons (Fsp3) is 0.903. The molecule has 0 aromatic heterocycles. The van der Waals surface area contributed by atoms with Gasteiger partial charge in [0, 0.05) is 33.4 Å². The average Bonchev–Trinajstić information content (AvgIpc) is 3.44. The SMILES string of the molecule is CCCCCCCC/C=C\CCCCCCCCOCC(COCCOCCOCCOCCOCCOCCOCCOC(=O)CNCCOC(=O)CNCCOC)OCCCCCCCC/C=C\CCCCCCCC. The van der Waals surface area contributed by atoms with Gasteiger partial charge < -0.3 is 67.5 Å². The van der Waals surface area contributed by atoms with E-state index in [9.17, 15) is 9.59 Å². The third-order valence-electron chi connectivity index (χ3n) is 12.7. The summed E-state index contributed by atoms with van der Waals surface area (Å²) in [5.74, 6) is -0.772. The van der Waals surface area contributed by atoms with Crippen LogP contribution in [0.2, 0.25) is 0 Å². The van der Waals surface area contributed by atoms with Crippen molar-refractivity contribution in [3.05, 3.63) is 24.3 Å². The topological polar surface area (TPSA) is 169 Å². The van der Waals surface area contributed by atoms with Crippen LogP contribution in [0.25, 0.3) is 0 Å². The minimum atomic E-state index is -0.409. The van der Waals surface area contributed by atoms with Gasteiger partial charge in [-0.25, -0.2) is 0 Å². The molecule has 462 valence electrons. The highest BCUT2D eigenvalue weighted by molar-refractivity contribution is 5.72. The smallest absolute Gasteiger partial charge is 0.320 e. The van der Waals surface area contributed by atoms with Crippen LogP contribution in [0.5, 0.6) is 0 Å². The molecule has 1 atom stereocenters. The van der Waals surface area contributed by atoms with Crippen LogP contribution in [0.15, 0.2) is 24.3 Å².